The summed E-state index contributed by atoms with van der Waals surface area (Å²) < 4.78 is 1.97. The van der Waals surface area contributed by atoms with Gasteiger partial charge in [0.2, 0.25) is 0 Å². The van der Waals surface area contributed by atoms with Crippen molar-refractivity contribution in [2.24, 2.45) is 10.4 Å². The van der Waals surface area contributed by atoms with Crippen LogP contribution in [-0.2, 0) is 11.3 Å². The predicted molar refractivity (Wildman–Crippen MR) is 89.7 cm³/mol. The fraction of sp³-hybridized carbons (Fsp3) is 0.389. The number of aromatic nitrogens is 1. The third kappa shape index (κ3) is 3.27. The van der Waals surface area contributed by atoms with E-state index in [0.29, 0.717) is 24.2 Å². The number of carbonyl (C=O) groups is 1. The summed E-state index contributed by atoms with van der Waals surface area (Å²) in [5, 5.41) is 11.3. The Balaban J connectivity index is 1.87. The van der Waals surface area contributed by atoms with Gasteiger partial charge in [0.05, 0.1) is 6.07 Å². The Kier molecular flexibility index (Phi) is 4.44. The van der Waals surface area contributed by atoms with E-state index in [0.717, 1.165) is 12.8 Å². The Hall–Kier alpha value is -2.19. The van der Waals surface area contributed by atoms with Crippen molar-refractivity contribution < 1.29 is 4.79 Å². The van der Waals surface area contributed by atoms with Crippen LogP contribution in [0.2, 0.25) is 0 Å². The Bertz CT molecular complexity index is 802. The lowest BCUT2D eigenvalue weighted by Crippen LogP contribution is -2.28. The molecule has 0 unspecified atom stereocenters. The normalized spacial score (nSPS) is 17.1. The average molecular weight is 325 g/mol. The van der Waals surface area contributed by atoms with Gasteiger partial charge in [-0.1, -0.05) is 42.7 Å². The van der Waals surface area contributed by atoms with E-state index in [-0.39, 0.29) is 5.91 Å². The van der Waals surface area contributed by atoms with Gasteiger partial charge in [0, 0.05) is 18.1 Å². The number of aryl methyl sites for hydroxylation is 1. The molecule has 1 saturated carbocycles. The van der Waals surface area contributed by atoms with Crippen LogP contribution in [0.5, 0.6) is 0 Å². The second kappa shape index (κ2) is 6.51. The van der Waals surface area contributed by atoms with Crippen LogP contribution in [0.1, 0.15) is 36.8 Å². The molecule has 1 aromatic carbocycles. The zero-order valence-corrected chi connectivity index (χ0v) is 14.0. The van der Waals surface area contributed by atoms with E-state index in [9.17, 15) is 10.1 Å². The molecule has 118 valence electrons. The van der Waals surface area contributed by atoms with Crippen LogP contribution < -0.4 is 4.80 Å². The third-order valence-corrected chi connectivity index (χ3v) is 5.21. The Labute approximate surface area is 139 Å². The van der Waals surface area contributed by atoms with Crippen LogP contribution in [0.4, 0.5) is 0 Å². The van der Waals surface area contributed by atoms with Crippen LogP contribution in [-0.4, -0.2) is 10.5 Å². The van der Waals surface area contributed by atoms with E-state index in [1.54, 1.807) is 0 Å². The molecule has 1 aromatic heterocycles. The first-order chi connectivity index (χ1) is 11.1. The Morgan fingerprint density at radius 3 is 2.70 bits per heavy atom. The van der Waals surface area contributed by atoms with Crippen molar-refractivity contribution in [3.05, 3.63) is 51.8 Å². The summed E-state index contributed by atoms with van der Waals surface area (Å²) in [5.41, 5.74) is 1.49. The molecule has 4 nitrogen and oxygen atoms in total. The molecular weight excluding hydrogens is 306 g/mol. The molecule has 2 aromatic rings. The topological polar surface area (TPSA) is 58.1 Å². The lowest BCUT2D eigenvalue weighted by Gasteiger charge is -2.14. The minimum atomic E-state index is -0.897. The monoisotopic (exact) mass is 325 g/mol. The molecule has 0 saturated heterocycles. The molecule has 3 rings (SSSR count). The molecule has 0 aliphatic heterocycles. The zero-order chi connectivity index (χ0) is 16.3. The SMILES string of the molecule is Cc1ccc(Cn2ccsc2=NC(=O)C2(C#N)CCCC2)cc1. The highest BCUT2D eigenvalue weighted by Gasteiger charge is 2.41. The van der Waals surface area contributed by atoms with Crippen LogP contribution in [0.25, 0.3) is 0 Å². The molecule has 0 radical (unpaired) electrons. The maximum Gasteiger partial charge on any atom is 0.268 e. The smallest absolute Gasteiger partial charge is 0.268 e. The van der Waals surface area contributed by atoms with Gasteiger partial charge < -0.3 is 4.57 Å². The number of rotatable bonds is 3. The summed E-state index contributed by atoms with van der Waals surface area (Å²) in [6, 6.07) is 10.5. The largest absolute Gasteiger partial charge is 0.319 e. The first-order valence-electron chi connectivity index (χ1n) is 7.83. The van der Waals surface area contributed by atoms with Crippen LogP contribution in [0.3, 0.4) is 0 Å². The molecule has 1 fully saturated rings. The molecule has 1 aliphatic rings. The summed E-state index contributed by atoms with van der Waals surface area (Å²) in [7, 11) is 0. The highest BCUT2D eigenvalue weighted by molar-refractivity contribution is 7.07. The van der Waals surface area contributed by atoms with Crippen molar-refractivity contribution in [2.45, 2.75) is 39.2 Å². The molecule has 1 amide bonds. The van der Waals surface area contributed by atoms with Gasteiger partial charge in [-0.2, -0.15) is 10.3 Å². The van der Waals surface area contributed by atoms with Gasteiger partial charge in [-0.3, -0.25) is 4.79 Å². The molecule has 23 heavy (non-hydrogen) atoms. The van der Waals surface area contributed by atoms with E-state index in [2.05, 4.69) is 42.3 Å². The summed E-state index contributed by atoms with van der Waals surface area (Å²) in [6.07, 6.45) is 5.07. The molecule has 0 spiro atoms. The van der Waals surface area contributed by atoms with Gasteiger partial charge >= 0.3 is 0 Å². The van der Waals surface area contributed by atoms with Crippen molar-refractivity contribution in [3.63, 3.8) is 0 Å². The zero-order valence-electron chi connectivity index (χ0n) is 13.2. The first-order valence-corrected chi connectivity index (χ1v) is 8.71. The van der Waals surface area contributed by atoms with E-state index in [1.165, 1.54) is 22.5 Å². The molecule has 0 bridgehead atoms. The molecule has 5 heteroatoms. The number of nitriles is 1. The third-order valence-electron chi connectivity index (χ3n) is 4.41. The first kappa shape index (κ1) is 15.7. The van der Waals surface area contributed by atoms with Gasteiger partial charge in [-0.25, -0.2) is 0 Å². The standard InChI is InChI=1S/C18H19N3OS/c1-14-4-6-15(7-5-14)12-21-10-11-23-17(21)20-16(22)18(13-19)8-2-3-9-18/h4-7,10-11H,2-3,8-9,12H2,1H3. The van der Waals surface area contributed by atoms with Crippen molar-refractivity contribution in [1.82, 2.24) is 4.57 Å². The van der Waals surface area contributed by atoms with E-state index >= 15 is 0 Å². The maximum atomic E-state index is 12.5. The average Bonchev–Trinajstić information content (AvgIpc) is 3.20. The van der Waals surface area contributed by atoms with Gasteiger partial charge in [0.15, 0.2) is 4.80 Å². The van der Waals surface area contributed by atoms with Crippen molar-refractivity contribution >= 4 is 17.2 Å². The van der Waals surface area contributed by atoms with Crippen LogP contribution in [0.15, 0.2) is 40.8 Å². The highest BCUT2D eigenvalue weighted by Crippen LogP contribution is 2.38. The van der Waals surface area contributed by atoms with Crippen molar-refractivity contribution in [2.75, 3.05) is 0 Å². The Morgan fingerprint density at radius 1 is 1.35 bits per heavy atom. The lowest BCUT2D eigenvalue weighted by molar-refractivity contribution is -0.124. The summed E-state index contributed by atoms with van der Waals surface area (Å²) >= 11 is 1.43. The second-order valence-corrected chi connectivity index (χ2v) is 6.99. The fourth-order valence-electron chi connectivity index (χ4n) is 2.94. The van der Waals surface area contributed by atoms with Gasteiger partial charge in [-0.05, 0) is 25.3 Å². The second-order valence-electron chi connectivity index (χ2n) is 6.12. The summed E-state index contributed by atoms with van der Waals surface area (Å²) in [5.74, 6) is -0.280. The van der Waals surface area contributed by atoms with Crippen molar-refractivity contribution in [3.8, 4) is 6.07 Å². The van der Waals surface area contributed by atoms with Crippen LogP contribution in [0, 0.1) is 23.7 Å². The molecule has 0 atom stereocenters. The summed E-state index contributed by atoms with van der Waals surface area (Å²) in [4.78, 5) is 17.5. The predicted octanol–water partition coefficient (Wildman–Crippen LogP) is 3.42. The maximum absolute atomic E-state index is 12.5. The molecular formula is C18H19N3OS. The fourth-order valence-corrected chi connectivity index (χ4v) is 3.67. The molecule has 1 heterocycles. The Morgan fingerprint density at radius 2 is 2.04 bits per heavy atom. The number of thiazole rings is 1. The minimum absolute atomic E-state index is 0.280. The van der Waals surface area contributed by atoms with Gasteiger partial charge in [0.1, 0.15) is 5.41 Å². The number of benzene rings is 1. The molecule has 1 aliphatic carbocycles. The van der Waals surface area contributed by atoms with E-state index < -0.39 is 5.41 Å². The van der Waals surface area contributed by atoms with E-state index in [1.807, 2.05) is 16.1 Å². The molecule has 0 N–H and O–H groups in total. The minimum Gasteiger partial charge on any atom is -0.319 e. The van der Waals surface area contributed by atoms with Gasteiger partial charge in [-0.15, -0.1) is 11.3 Å². The van der Waals surface area contributed by atoms with Crippen molar-refractivity contribution in [1.29, 1.82) is 5.26 Å². The number of hydrogen-bond acceptors (Lipinski definition) is 3. The number of amides is 1. The van der Waals surface area contributed by atoms with Gasteiger partial charge in [0.25, 0.3) is 5.91 Å². The van der Waals surface area contributed by atoms with E-state index in [4.69, 9.17) is 0 Å². The number of carbonyl (C=O) groups excluding carboxylic acids is 1. The number of nitrogens with zero attached hydrogens (tertiary/aromatic N) is 3. The lowest BCUT2D eigenvalue weighted by atomic mass is 9.87. The quantitative estimate of drug-likeness (QED) is 0.868. The number of hydrogen-bond donors (Lipinski definition) is 0. The van der Waals surface area contributed by atoms with Crippen LogP contribution >= 0.6 is 11.3 Å². The highest BCUT2D eigenvalue weighted by atomic mass is 32.1. The summed E-state index contributed by atoms with van der Waals surface area (Å²) in [6.45, 7) is 2.74.